The second kappa shape index (κ2) is 7.67. The van der Waals surface area contributed by atoms with E-state index in [1.165, 1.54) is 6.42 Å². The zero-order valence-corrected chi connectivity index (χ0v) is 11.4. The quantitative estimate of drug-likeness (QED) is 0.716. The van der Waals surface area contributed by atoms with Crippen molar-refractivity contribution in [3.05, 3.63) is 0 Å². The molecular weight excluding hydrogens is 216 g/mol. The lowest BCUT2D eigenvalue weighted by Gasteiger charge is -2.29. The Bertz CT molecular complexity index is 225. The van der Waals surface area contributed by atoms with Crippen molar-refractivity contribution in [2.24, 2.45) is 0 Å². The van der Waals surface area contributed by atoms with Crippen LogP contribution in [-0.4, -0.2) is 49.2 Å². The molecule has 1 heterocycles. The number of nitrogens with zero attached hydrogens (tertiary/aromatic N) is 1. The first-order valence-corrected chi connectivity index (χ1v) is 6.75. The standard InChI is InChI=1S/C13H26N2O2/c1-11(2)14-7-10-17-12(3)13(16)15-8-5-4-6-9-15/h11-12,14H,4-10H2,1-3H3. The molecule has 1 fully saturated rings. The van der Waals surface area contributed by atoms with Crippen molar-refractivity contribution in [2.75, 3.05) is 26.2 Å². The molecule has 0 aliphatic carbocycles. The molecule has 0 aromatic carbocycles. The topological polar surface area (TPSA) is 41.6 Å². The maximum atomic E-state index is 12.0. The first kappa shape index (κ1) is 14.5. The number of rotatable bonds is 6. The van der Waals surface area contributed by atoms with Gasteiger partial charge in [-0.25, -0.2) is 0 Å². The lowest BCUT2D eigenvalue weighted by atomic mass is 10.1. The number of amides is 1. The van der Waals surface area contributed by atoms with Gasteiger partial charge in [0.1, 0.15) is 6.10 Å². The molecule has 0 spiro atoms. The van der Waals surface area contributed by atoms with Crippen molar-refractivity contribution in [3.8, 4) is 0 Å². The van der Waals surface area contributed by atoms with E-state index in [1.54, 1.807) is 0 Å². The van der Waals surface area contributed by atoms with Gasteiger partial charge in [0.15, 0.2) is 0 Å². The zero-order valence-electron chi connectivity index (χ0n) is 11.4. The summed E-state index contributed by atoms with van der Waals surface area (Å²) >= 11 is 0. The number of ether oxygens (including phenoxy) is 1. The number of piperidine rings is 1. The van der Waals surface area contributed by atoms with Gasteiger partial charge in [0, 0.05) is 25.7 Å². The normalized spacial score (nSPS) is 18.5. The maximum absolute atomic E-state index is 12.0. The summed E-state index contributed by atoms with van der Waals surface area (Å²) < 4.78 is 5.55. The third-order valence-electron chi connectivity index (χ3n) is 3.04. The first-order valence-electron chi connectivity index (χ1n) is 6.75. The van der Waals surface area contributed by atoms with Crippen LogP contribution in [0.4, 0.5) is 0 Å². The van der Waals surface area contributed by atoms with Gasteiger partial charge in [0.2, 0.25) is 0 Å². The molecule has 1 amide bonds. The van der Waals surface area contributed by atoms with Crippen LogP contribution in [0.5, 0.6) is 0 Å². The molecule has 4 heteroatoms. The Morgan fingerprint density at radius 1 is 1.24 bits per heavy atom. The molecule has 0 aromatic rings. The van der Waals surface area contributed by atoms with E-state index in [0.717, 1.165) is 32.5 Å². The van der Waals surface area contributed by atoms with Crippen molar-refractivity contribution in [1.29, 1.82) is 0 Å². The van der Waals surface area contributed by atoms with Crippen LogP contribution in [0.25, 0.3) is 0 Å². The van der Waals surface area contributed by atoms with Crippen molar-refractivity contribution < 1.29 is 9.53 Å². The average Bonchev–Trinajstić information content (AvgIpc) is 2.34. The van der Waals surface area contributed by atoms with Gasteiger partial charge in [0.25, 0.3) is 5.91 Å². The summed E-state index contributed by atoms with van der Waals surface area (Å²) in [4.78, 5) is 13.9. The summed E-state index contributed by atoms with van der Waals surface area (Å²) in [5.74, 6) is 0.147. The van der Waals surface area contributed by atoms with E-state index in [9.17, 15) is 4.79 Å². The molecule has 0 saturated carbocycles. The van der Waals surface area contributed by atoms with Crippen molar-refractivity contribution in [3.63, 3.8) is 0 Å². The summed E-state index contributed by atoms with van der Waals surface area (Å²) in [6.07, 6.45) is 3.21. The van der Waals surface area contributed by atoms with Gasteiger partial charge in [0.05, 0.1) is 6.61 Å². The van der Waals surface area contributed by atoms with E-state index in [4.69, 9.17) is 4.74 Å². The predicted molar refractivity (Wildman–Crippen MR) is 69.0 cm³/mol. The van der Waals surface area contributed by atoms with E-state index in [1.807, 2.05) is 11.8 Å². The summed E-state index contributed by atoms with van der Waals surface area (Å²) in [5, 5.41) is 3.27. The fraction of sp³-hybridized carbons (Fsp3) is 0.923. The van der Waals surface area contributed by atoms with E-state index in [-0.39, 0.29) is 12.0 Å². The van der Waals surface area contributed by atoms with Crippen LogP contribution < -0.4 is 5.32 Å². The number of nitrogens with one attached hydrogen (secondary N) is 1. The predicted octanol–water partition coefficient (Wildman–Crippen LogP) is 1.40. The van der Waals surface area contributed by atoms with Gasteiger partial charge in [-0.05, 0) is 26.2 Å². The summed E-state index contributed by atoms with van der Waals surface area (Å²) in [5.41, 5.74) is 0. The fourth-order valence-corrected chi connectivity index (χ4v) is 2.03. The Kier molecular flexibility index (Phi) is 6.52. The minimum absolute atomic E-state index is 0.147. The number of hydrogen-bond acceptors (Lipinski definition) is 3. The number of likely N-dealkylation sites (tertiary alicyclic amines) is 1. The SMILES string of the molecule is CC(C)NCCOC(C)C(=O)N1CCCCC1. The Morgan fingerprint density at radius 3 is 2.47 bits per heavy atom. The van der Waals surface area contributed by atoms with Crippen molar-refractivity contribution >= 4 is 5.91 Å². The van der Waals surface area contributed by atoms with Gasteiger partial charge in [-0.2, -0.15) is 0 Å². The Balaban J connectivity index is 2.17. The van der Waals surface area contributed by atoms with Crippen LogP contribution >= 0.6 is 0 Å². The minimum Gasteiger partial charge on any atom is -0.367 e. The third kappa shape index (κ3) is 5.50. The van der Waals surface area contributed by atoms with Crippen LogP contribution in [0, 0.1) is 0 Å². The van der Waals surface area contributed by atoms with Crippen LogP contribution in [0.15, 0.2) is 0 Å². The monoisotopic (exact) mass is 242 g/mol. The first-order chi connectivity index (χ1) is 8.11. The largest absolute Gasteiger partial charge is 0.367 e. The molecule has 1 rings (SSSR count). The van der Waals surface area contributed by atoms with E-state index in [2.05, 4.69) is 19.2 Å². The molecule has 0 radical (unpaired) electrons. The Hall–Kier alpha value is -0.610. The van der Waals surface area contributed by atoms with Crippen molar-refractivity contribution in [2.45, 2.75) is 52.2 Å². The molecule has 1 aliphatic heterocycles. The molecular formula is C13H26N2O2. The van der Waals surface area contributed by atoms with Gasteiger partial charge in [-0.3, -0.25) is 4.79 Å². The molecule has 1 atom stereocenters. The minimum atomic E-state index is -0.304. The van der Waals surface area contributed by atoms with Crippen LogP contribution in [0.3, 0.4) is 0 Å². The maximum Gasteiger partial charge on any atom is 0.251 e. The highest BCUT2D eigenvalue weighted by Gasteiger charge is 2.22. The highest BCUT2D eigenvalue weighted by molar-refractivity contribution is 5.80. The number of carbonyl (C=O) groups excluding carboxylic acids is 1. The fourth-order valence-electron chi connectivity index (χ4n) is 2.03. The smallest absolute Gasteiger partial charge is 0.251 e. The Morgan fingerprint density at radius 2 is 1.88 bits per heavy atom. The highest BCUT2D eigenvalue weighted by atomic mass is 16.5. The lowest BCUT2D eigenvalue weighted by Crippen LogP contribution is -2.42. The van der Waals surface area contributed by atoms with E-state index < -0.39 is 0 Å². The highest BCUT2D eigenvalue weighted by Crippen LogP contribution is 2.10. The second-order valence-electron chi connectivity index (χ2n) is 5.01. The van der Waals surface area contributed by atoms with Gasteiger partial charge in [-0.15, -0.1) is 0 Å². The third-order valence-corrected chi connectivity index (χ3v) is 3.04. The molecule has 1 saturated heterocycles. The van der Waals surface area contributed by atoms with Gasteiger partial charge >= 0.3 is 0 Å². The van der Waals surface area contributed by atoms with Crippen LogP contribution in [0.1, 0.15) is 40.0 Å². The van der Waals surface area contributed by atoms with E-state index in [0.29, 0.717) is 12.6 Å². The summed E-state index contributed by atoms with van der Waals surface area (Å²) in [6.45, 7) is 9.25. The lowest BCUT2D eigenvalue weighted by molar-refractivity contribution is -0.143. The molecule has 1 aliphatic rings. The van der Waals surface area contributed by atoms with Crippen molar-refractivity contribution in [1.82, 2.24) is 10.2 Å². The zero-order chi connectivity index (χ0) is 12.7. The van der Waals surface area contributed by atoms with Crippen LogP contribution in [-0.2, 0) is 9.53 Å². The molecule has 1 unspecified atom stereocenters. The van der Waals surface area contributed by atoms with Gasteiger partial charge < -0.3 is 15.0 Å². The van der Waals surface area contributed by atoms with Crippen LogP contribution in [0.2, 0.25) is 0 Å². The molecule has 4 nitrogen and oxygen atoms in total. The Labute approximate surface area is 105 Å². The number of hydrogen-bond donors (Lipinski definition) is 1. The average molecular weight is 242 g/mol. The van der Waals surface area contributed by atoms with Gasteiger partial charge in [-0.1, -0.05) is 13.8 Å². The number of carbonyl (C=O) groups is 1. The molecule has 100 valence electrons. The molecule has 0 bridgehead atoms. The van der Waals surface area contributed by atoms with E-state index >= 15 is 0 Å². The summed E-state index contributed by atoms with van der Waals surface area (Å²) in [6, 6.07) is 0.465. The molecule has 17 heavy (non-hydrogen) atoms. The molecule has 0 aromatic heterocycles. The molecule has 1 N–H and O–H groups in total. The summed E-state index contributed by atoms with van der Waals surface area (Å²) in [7, 11) is 0. The second-order valence-corrected chi connectivity index (χ2v) is 5.01.